The van der Waals surface area contributed by atoms with E-state index in [0.29, 0.717) is 5.69 Å². The Hall–Kier alpha value is -0.830. The zero-order valence-corrected chi connectivity index (χ0v) is 8.52. The van der Waals surface area contributed by atoms with E-state index in [-0.39, 0.29) is 0 Å². The second-order valence-corrected chi connectivity index (χ2v) is 9.24. The molecule has 0 fully saturated rings. The number of benzene rings is 1. The molecule has 0 radical (unpaired) electrons. The first-order valence-corrected chi connectivity index (χ1v) is 6.90. The molecule has 0 atom stereocenters. The third kappa shape index (κ3) is 1.85. The van der Waals surface area contributed by atoms with Crippen LogP contribution in [0.4, 0.5) is 5.69 Å². The Morgan fingerprint density at radius 1 is 1.17 bits per heavy atom. The molecular formula is C9H15NOS. The summed E-state index contributed by atoms with van der Waals surface area (Å²) in [5.41, 5.74) is 6.33. The maximum absolute atomic E-state index is 12.1. The predicted octanol–water partition coefficient (Wildman–Crippen LogP) is 1.34. The van der Waals surface area contributed by atoms with Gasteiger partial charge in [-0.15, -0.1) is 0 Å². The number of hydrogen-bond acceptors (Lipinski definition) is 2. The minimum atomic E-state index is -2.67. The van der Waals surface area contributed by atoms with Crippen LogP contribution in [0, 0.1) is 0 Å². The fourth-order valence-electron chi connectivity index (χ4n) is 1.11. The first kappa shape index (κ1) is 9.26. The number of hydrogen-bond donors (Lipinski definition) is 1. The zero-order valence-electron chi connectivity index (χ0n) is 7.70. The topological polar surface area (TPSA) is 43.1 Å². The maximum Gasteiger partial charge on any atom is 0.0460 e. The minimum absolute atomic E-state index is 0.613. The third-order valence-electron chi connectivity index (χ3n) is 1.67. The van der Waals surface area contributed by atoms with Crippen molar-refractivity contribution in [1.82, 2.24) is 0 Å². The van der Waals surface area contributed by atoms with Crippen molar-refractivity contribution in [2.24, 2.45) is 0 Å². The highest BCUT2D eigenvalue weighted by Crippen LogP contribution is 2.30. The van der Waals surface area contributed by atoms with E-state index in [1.807, 2.05) is 18.2 Å². The standard InChI is InChI=1S/C9H15NOS/c1-12(2,3,11)9-7-5-4-6-8(9)10/h4-7H,10H2,1-3H3. The van der Waals surface area contributed by atoms with Gasteiger partial charge in [0.2, 0.25) is 0 Å². The lowest BCUT2D eigenvalue weighted by Gasteiger charge is -2.30. The van der Waals surface area contributed by atoms with Crippen molar-refractivity contribution in [2.75, 3.05) is 24.5 Å². The van der Waals surface area contributed by atoms with Gasteiger partial charge in [-0.2, -0.15) is 0 Å². The Bertz CT molecular complexity index is 354. The van der Waals surface area contributed by atoms with Crippen molar-refractivity contribution < 1.29 is 4.21 Å². The second-order valence-electron chi connectivity index (χ2n) is 3.96. The molecule has 0 amide bonds. The molecule has 2 N–H and O–H groups in total. The van der Waals surface area contributed by atoms with E-state index in [1.54, 1.807) is 24.8 Å². The van der Waals surface area contributed by atoms with Gasteiger partial charge in [-0.25, -0.2) is 0 Å². The molecule has 0 aliphatic rings. The molecule has 68 valence electrons. The number of para-hydroxylation sites is 1. The van der Waals surface area contributed by atoms with Crippen LogP contribution < -0.4 is 5.73 Å². The Balaban J connectivity index is 3.41. The summed E-state index contributed by atoms with van der Waals surface area (Å²) in [5, 5.41) is 0. The summed E-state index contributed by atoms with van der Waals surface area (Å²) < 4.78 is 12.1. The lowest BCUT2D eigenvalue weighted by molar-refractivity contribution is 0.669. The van der Waals surface area contributed by atoms with Crippen molar-refractivity contribution in [3.63, 3.8) is 0 Å². The van der Waals surface area contributed by atoms with E-state index in [0.717, 1.165) is 4.90 Å². The van der Waals surface area contributed by atoms with E-state index in [9.17, 15) is 4.21 Å². The van der Waals surface area contributed by atoms with Crippen molar-refractivity contribution in [3.05, 3.63) is 24.3 Å². The molecule has 12 heavy (non-hydrogen) atoms. The number of nitrogens with two attached hydrogens (primary N) is 1. The number of anilines is 1. The summed E-state index contributed by atoms with van der Waals surface area (Å²) >= 11 is 0. The average molecular weight is 185 g/mol. The molecule has 0 saturated heterocycles. The summed E-state index contributed by atoms with van der Waals surface area (Å²) in [6, 6.07) is 7.30. The van der Waals surface area contributed by atoms with Gasteiger partial charge in [0, 0.05) is 10.6 Å². The van der Waals surface area contributed by atoms with Crippen LogP contribution in [0.25, 0.3) is 0 Å². The van der Waals surface area contributed by atoms with Crippen LogP contribution >= 0.6 is 0 Å². The zero-order chi connectivity index (χ0) is 9.43. The molecule has 0 unspecified atom stereocenters. The third-order valence-corrected chi connectivity index (χ3v) is 3.54. The Morgan fingerprint density at radius 2 is 1.67 bits per heavy atom. The van der Waals surface area contributed by atoms with Gasteiger partial charge >= 0.3 is 0 Å². The van der Waals surface area contributed by atoms with Crippen molar-refractivity contribution in [2.45, 2.75) is 4.90 Å². The highest BCUT2D eigenvalue weighted by molar-refractivity contribution is 8.18. The van der Waals surface area contributed by atoms with E-state index < -0.39 is 9.07 Å². The molecule has 0 saturated carbocycles. The SMILES string of the molecule is CS(C)(C)(=O)c1ccccc1N. The lowest BCUT2D eigenvalue weighted by atomic mass is 10.3. The minimum Gasteiger partial charge on any atom is -0.398 e. The molecular weight excluding hydrogens is 170 g/mol. The van der Waals surface area contributed by atoms with E-state index in [4.69, 9.17) is 5.73 Å². The van der Waals surface area contributed by atoms with Gasteiger partial charge in [0.15, 0.2) is 0 Å². The molecule has 3 heteroatoms. The van der Waals surface area contributed by atoms with Crippen LogP contribution in [0.2, 0.25) is 0 Å². The van der Waals surface area contributed by atoms with Crippen LogP contribution in [0.15, 0.2) is 29.2 Å². The largest absolute Gasteiger partial charge is 0.398 e. The van der Waals surface area contributed by atoms with Crippen LogP contribution in [0.1, 0.15) is 0 Å². The van der Waals surface area contributed by atoms with Crippen molar-refractivity contribution in [1.29, 1.82) is 0 Å². The molecule has 0 spiro atoms. The van der Waals surface area contributed by atoms with Gasteiger partial charge in [-0.05, 0) is 30.9 Å². The highest BCUT2D eigenvalue weighted by atomic mass is 32.3. The van der Waals surface area contributed by atoms with Gasteiger partial charge in [0.25, 0.3) is 0 Å². The van der Waals surface area contributed by atoms with Gasteiger partial charge in [-0.1, -0.05) is 21.2 Å². The molecule has 0 aliphatic carbocycles. The molecule has 1 aromatic rings. The Kier molecular flexibility index (Phi) is 1.80. The molecule has 0 aromatic heterocycles. The van der Waals surface area contributed by atoms with E-state index >= 15 is 0 Å². The van der Waals surface area contributed by atoms with Crippen LogP contribution in [-0.2, 0) is 9.07 Å². The molecule has 2 nitrogen and oxygen atoms in total. The summed E-state index contributed by atoms with van der Waals surface area (Å²) in [6.45, 7) is 0. The van der Waals surface area contributed by atoms with E-state index in [1.165, 1.54) is 0 Å². The summed E-state index contributed by atoms with van der Waals surface area (Å²) in [5.74, 6) is 0. The second kappa shape index (κ2) is 2.33. The lowest BCUT2D eigenvalue weighted by Crippen LogP contribution is -2.28. The highest BCUT2D eigenvalue weighted by Gasteiger charge is 2.22. The van der Waals surface area contributed by atoms with E-state index in [2.05, 4.69) is 0 Å². The number of nitrogen functional groups attached to an aromatic ring is 1. The van der Waals surface area contributed by atoms with Gasteiger partial charge in [0.05, 0.1) is 0 Å². The van der Waals surface area contributed by atoms with Crippen LogP contribution in [0.3, 0.4) is 0 Å². The maximum atomic E-state index is 12.1. The monoisotopic (exact) mass is 185 g/mol. The first-order valence-electron chi connectivity index (χ1n) is 3.71. The van der Waals surface area contributed by atoms with Crippen molar-refractivity contribution >= 4 is 14.8 Å². The van der Waals surface area contributed by atoms with Crippen LogP contribution in [0.5, 0.6) is 0 Å². The summed E-state index contributed by atoms with van der Waals surface area (Å²) in [6.07, 6.45) is 5.22. The smallest absolute Gasteiger partial charge is 0.0460 e. The summed E-state index contributed by atoms with van der Waals surface area (Å²) in [7, 11) is -2.67. The summed E-state index contributed by atoms with van der Waals surface area (Å²) in [4.78, 5) is 0.759. The molecule has 1 aromatic carbocycles. The molecule has 0 heterocycles. The fraction of sp³-hybridized carbons (Fsp3) is 0.333. The van der Waals surface area contributed by atoms with Gasteiger partial charge in [0.1, 0.15) is 0 Å². The van der Waals surface area contributed by atoms with Crippen LogP contribution in [-0.4, -0.2) is 23.0 Å². The van der Waals surface area contributed by atoms with Crippen molar-refractivity contribution in [3.8, 4) is 0 Å². The first-order chi connectivity index (χ1) is 5.27. The Morgan fingerprint density at radius 3 is 2.00 bits per heavy atom. The molecule has 0 bridgehead atoms. The fourth-order valence-corrected chi connectivity index (χ4v) is 2.53. The number of rotatable bonds is 1. The molecule has 0 aliphatic heterocycles. The predicted molar refractivity (Wildman–Crippen MR) is 55.0 cm³/mol. The molecule has 1 rings (SSSR count). The van der Waals surface area contributed by atoms with Gasteiger partial charge in [-0.3, -0.25) is 4.21 Å². The van der Waals surface area contributed by atoms with Gasteiger partial charge < -0.3 is 5.73 Å². The Labute approximate surface area is 73.2 Å². The quantitative estimate of drug-likeness (QED) is 0.671. The normalized spacial score (nSPS) is 15.1. The average Bonchev–Trinajstić information content (AvgIpc) is 1.84.